The van der Waals surface area contributed by atoms with Crippen LogP contribution in [0.3, 0.4) is 0 Å². The third kappa shape index (κ3) is 3.62. The zero-order chi connectivity index (χ0) is 19.9. The van der Waals surface area contributed by atoms with Gasteiger partial charge < -0.3 is 10.6 Å². The molecule has 6 nitrogen and oxygen atoms in total. The number of hydrogen-bond acceptors (Lipinski definition) is 3. The van der Waals surface area contributed by atoms with Crippen molar-refractivity contribution < 1.29 is 18.0 Å². The molecule has 4 rings (SSSR count). The first-order valence-corrected chi connectivity index (χ1v) is 8.93. The lowest BCUT2D eigenvalue weighted by molar-refractivity contribution is -0.137. The van der Waals surface area contributed by atoms with Crippen molar-refractivity contribution >= 4 is 34.4 Å². The highest BCUT2D eigenvalue weighted by atomic mass is 35.5. The summed E-state index contributed by atoms with van der Waals surface area (Å²) in [6.45, 7) is 0. The number of urea groups is 1. The zero-order valence-electron chi connectivity index (χ0n) is 14.4. The van der Waals surface area contributed by atoms with Crippen molar-refractivity contribution in [3.8, 4) is 0 Å². The molecule has 0 bridgehead atoms. The molecule has 0 spiro atoms. The minimum absolute atomic E-state index is 0.116. The van der Waals surface area contributed by atoms with Crippen molar-refractivity contribution in [2.75, 3.05) is 5.32 Å². The molecule has 3 aromatic rings. The summed E-state index contributed by atoms with van der Waals surface area (Å²) < 4.78 is 38.1. The van der Waals surface area contributed by atoms with Gasteiger partial charge in [0.2, 0.25) is 0 Å². The van der Waals surface area contributed by atoms with E-state index in [-0.39, 0.29) is 16.8 Å². The van der Waals surface area contributed by atoms with Crippen molar-refractivity contribution in [1.82, 2.24) is 20.5 Å². The number of pyridine rings is 1. The predicted octanol–water partition coefficient (Wildman–Crippen LogP) is 4.31. The van der Waals surface area contributed by atoms with Gasteiger partial charge in [-0.25, -0.2) is 9.78 Å². The van der Waals surface area contributed by atoms with Gasteiger partial charge in [-0.3, -0.25) is 5.10 Å². The van der Waals surface area contributed by atoms with Gasteiger partial charge in [0.15, 0.2) is 5.65 Å². The molecule has 0 saturated carbocycles. The highest BCUT2D eigenvalue weighted by molar-refractivity contribution is 6.33. The number of nitrogens with zero attached hydrogens (tertiary/aromatic N) is 2. The van der Waals surface area contributed by atoms with Crippen molar-refractivity contribution in [2.45, 2.75) is 31.5 Å². The summed E-state index contributed by atoms with van der Waals surface area (Å²) in [6, 6.07) is 2.16. The third-order valence-electron chi connectivity index (χ3n) is 4.77. The first kappa shape index (κ1) is 18.5. The van der Waals surface area contributed by atoms with Crippen LogP contribution in [0.25, 0.3) is 11.0 Å². The van der Waals surface area contributed by atoms with Crippen molar-refractivity contribution in [3.63, 3.8) is 0 Å². The van der Waals surface area contributed by atoms with Gasteiger partial charge in [-0.2, -0.15) is 18.3 Å². The van der Waals surface area contributed by atoms with E-state index in [0.29, 0.717) is 6.42 Å². The SMILES string of the molecule is O=C(Nc1ccc(C(F)(F)F)cc1Cl)NC1CCc2c(cnc3[nH]ncc23)C1. The fourth-order valence-electron chi connectivity index (χ4n) is 3.41. The summed E-state index contributed by atoms with van der Waals surface area (Å²) in [5.74, 6) is 0. The van der Waals surface area contributed by atoms with Gasteiger partial charge in [0.25, 0.3) is 0 Å². The topological polar surface area (TPSA) is 82.7 Å². The Hall–Kier alpha value is -2.81. The molecule has 146 valence electrons. The van der Waals surface area contributed by atoms with Gasteiger partial charge in [-0.1, -0.05) is 11.6 Å². The van der Waals surface area contributed by atoms with Crippen LogP contribution >= 0.6 is 11.6 Å². The van der Waals surface area contributed by atoms with Crippen LogP contribution in [0.15, 0.2) is 30.6 Å². The van der Waals surface area contributed by atoms with Gasteiger partial charge in [-0.15, -0.1) is 0 Å². The number of nitrogens with one attached hydrogen (secondary N) is 3. The van der Waals surface area contributed by atoms with E-state index < -0.39 is 17.8 Å². The molecule has 28 heavy (non-hydrogen) atoms. The third-order valence-corrected chi connectivity index (χ3v) is 5.08. The quantitative estimate of drug-likeness (QED) is 0.590. The highest BCUT2D eigenvalue weighted by Crippen LogP contribution is 2.34. The van der Waals surface area contributed by atoms with Crippen LogP contribution in [-0.4, -0.2) is 27.3 Å². The van der Waals surface area contributed by atoms with E-state index in [1.54, 1.807) is 12.4 Å². The second kappa shape index (κ2) is 6.97. The van der Waals surface area contributed by atoms with E-state index in [4.69, 9.17) is 11.6 Å². The Morgan fingerprint density at radius 1 is 1.29 bits per heavy atom. The molecule has 2 aromatic heterocycles. The van der Waals surface area contributed by atoms with Crippen LogP contribution in [0, 0.1) is 0 Å². The number of benzene rings is 1. The van der Waals surface area contributed by atoms with E-state index >= 15 is 0 Å². The van der Waals surface area contributed by atoms with Crippen molar-refractivity contribution in [2.24, 2.45) is 0 Å². The molecule has 2 amide bonds. The average molecular weight is 410 g/mol. The summed E-state index contributed by atoms with van der Waals surface area (Å²) in [7, 11) is 0. The van der Waals surface area contributed by atoms with Gasteiger partial charge in [0, 0.05) is 17.6 Å². The summed E-state index contributed by atoms with van der Waals surface area (Å²) in [6.07, 6.45) is 1.12. The molecule has 0 saturated heterocycles. The Balaban J connectivity index is 1.42. The molecule has 0 radical (unpaired) electrons. The molecule has 1 aromatic carbocycles. The number of alkyl halides is 3. The van der Waals surface area contributed by atoms with E-state index in [1.807, 2.05) is 0 Å². The number of aromatic nitrogens is 3. The number of carbonyl (C=O) groups excluding carboxylic acids is 1. The number of aryl methyl sites for hydroxylation is 1. The lowest BCUT2D eigenvalue weighted by atomic mass is 9.88. The molecule has 0 aliphatic heterocycles. The van der Waals surface area contributed by atoms with E-state index in [0.717, 1.165) is 47.6 Å². The average Bonchev–Trinajstić information content (AvgIpc) is 3.11. The number of hydrogen-bond donors (Lipinski definition) is 3. The lowest BCUT2D eigenvalue weighted by Gasteiger charge is -2.25. The molecule has 0 fully saturated rings. The number of halogens is 4. The number of carbonyl (C=O) groups is 1. The Labute approximate surface area is 162 Å². The van der Waals surface area contributed by atoms with E-state index in [2.05, 4.69) is 25.8 Å². The lowest BCUT2D eigenvalue weighted by Crippen LogP contribution is -2.41. The molecular weight excluding hydrogens is 395 g/mol. The molecule has 1 aliphatic carbocycles. The van der Waals surface area contributed by atoms with Gasteiger partial charge in [0.05, 0.1) is 22.5 Å². The van der Waals surface area contributed by atoms with E-state index in [1.165, 1.54) is 5.56 Å². The number of anilines is 1. The van der Waals surface area contributed by atoms with Crippen LogP contribution in [-0.2, 0) is 19.0 Å². The highest BCUT2D eigenvalue weighted by Gasteiger charge is 2.31. The summed E-state index contributed by atoms with van der Waals surface area (Å²) in [5, 5.41) is 13.0. The van der Waals surface area contributed by atoms with Crippen LogP contribution < -0.4 is 10.6 Å². The number of rotatable bonds is 2. The minimum atomic E-state index is -4.49. The van der Waals surface area contributed by atoms with Crippen LogP contribution in [0.1, 0.15) is 23.1 Å². The molecular formula is C18H15ClF3N5O. The van der Waals surface area contributed by atoms with Crippen molar-refractivity contribution in [3.05, 3.63) is 52.3 Å². The smallest absolute Gasteiger partial charge is 0.335 e. The monoisotopic (exact) mass is 409 g/mol. The summed E-state index contributed by atoms with van der Waals surface area (Å²) >= 11 is 5.87. The zero-order valence-corrected chi connectivity index (χ0v) is 15.2. The maximum Gasteiger partial charge on any atom is 0.416 e. The van der Waals surface area contributed by atoms with E-state index in [9.17, 15) is 18.0 Å². The molecule has 3 N–H and O–H groups in total. The molecule has 1 unspecified atom stereocenters. The fraction of sp³-hybridized carbons (Fsp3) is 0.278. The Bertz CT molecular complexity index is 1050. The summed E-state index contributed by atoms with van der Waals surface area (Å²) in [5.41, 5.74) is 2.19. The Morgan fingerprint density at radius 3 is 2.86 bits per heavy atom. The maximum absolute atomic E-state index is 12.7. The van der Waals surface area contributed by atoms with Crippen LogP contribution in [0.5, 0.6) is 0 Å². The Morgan fingerprint density at radius 2 is 2.11 bits per heavy atom. The van der Waals surface area contributed by atoms with Gasteiger partial charge in [0.1, 0.15) is 0 Å². The van der Waals surface area contributed by atoms with Crippen molar-refractivity contribution in [1.29, 1.82) is 0 Å². The van der Waals surface area contributed by atoms with Gasteiger partial charge >= 0.3 is 12.2 Å². The van der Waals surface area contributed by atoms with Gasteiger partial charge in [-0.05, 0) is 48.6 Å². The fourth-order valence-corrected chi connectivity index (χ4v) is 3.64. The first-order chi connectivity index (χ1) is 13.3. The number of fused-ring (bicyclic) bond motifs is 3. The predicted molar refractivity (Wildman–Crippen MR) is 98.3 cm³/mol. The molecule has 10 heteroatoms. The minimum Gasteiger partial charge on any atom is -0.335 e. The second-order valence-corrected chi connectivity index (χ2v) is 7.03. The maximum atomic E-state index is 12.7. The molecule has 1 aliphatic rings. The number of aromatic amines is 1. The number of H-pyrrole nitrogens is 1. The molecule has 1 atom stereocenters. The molecule has 2 heterocycles. The standard InChI is InChI=1S/C18H15ClF3N5O/c19-14-6-10(18(20,21)22)1-4-15(14)26-17(28)25-11-2-3-12-9(5-11)7-23-16-13(12)8-24-27-16/h1,4,6-8,11H,2-3,5H2,(H,23,24,27)(H2,25,26,28). The first-order valence-electron chi connectivity index (χ1n) is 8.55. The number of amides is 2. The summed E-state index contributed by atoms with van der Waals surface area (Å²) in [4.78, 5) is 16.6. The van der Waals surface area contributed by atoms with Crippen LogP contribution in [0.2, 0.25) is 5.02 Å². The van der Waals surface area contributed by atoms with Crippen LogP contribution in [0.4, 0.5) is 23.7 Å². The largest absolute Gasteiger partial charge is 0.416 e. The second-order valence-electron chi connectivity index (χ2n) is 6.62. The normalized spacial score (nSPS) is 16.6. The Kier molecular flexibility index (Phi) is 4.62.